The molecule has 0 aromatic heterocycles. The fourth-order valence-corrected chi connectivity index (χ4v) is 1.69. The third kappa shape index (κ3) is 4.00. The van der Waals surface area contributed by atoms with Crippen LogP contribution in [0.2, 0.25) is 0 Å². The standard InChI is InChI=1S/C12H14O5/c13-9-7-10(14)12(17)8(9)5-3-1-2-4-6-11(15)16/h8,10,14H,3-7H2,(H,15,16). The van der Waals surface area contributed by atoms with Crippen LogP contribution in [0.25, 0.3) is 0 Å². The first-order chi connectivity index (χ1) is 8.02. The molecule has 5 nitrogen and oxygen atoms in total. The molecule has 1 saturated carbocycles. The fourth-order valence-electron chi connectivity index (χ4n) is 1.69. The predicted molar refractivity (Wildman–Crippen MR) is 58.0 cm³/mol. The number of aliphatic hydroxyl groups excluding tert-OH is 1. The number of Topliss-reactive ketones (excluding diaryl/α,β-unsaturated/α-hetero) is 2. The molecule has 0 heterocycles. The molecule has 0 amide bonds. The Kier molecular flexibility index (Phi) is 4.85. The zero-order chi connectivity index (χ0) is 12.8. The normalized spacial score (nSPS) is 23.4. The summed E-state index contributed by atoms with van der Waals surface area (Å²) in [5.41, 5.74) is 0. The number of carbonyl (C=O) groups excluding carboxylic acids is 2. The second kappa shape index (κ2) is 6.16. The minimum Gasteiger partial charge on any atom is -0.481 e. The van der Waals surface area contributed by atoms with E-state index < -0.39 is 23.8 Å². The molecule has 0 radical (unpaired) electrons. The van der Waals surface area contributed by atoms with E-state index in [1.165, 1.54) is 0 Å². The van der Waals surface area contributed by atoms with E-state index >= 15 is 0 Å². The second-order valence-corrected chi connectivity index (χ2v) is 3.93. The van der Waals surface area contributed by atoms with Crippen LogP contribution in [0.5, 0.6) is 0 Å². The third-order valence-corrected chi connectivity index (χ3v) is 2.60. The minimum atomic E-state index is -1.15. The summed E-state index contributed by atoms with van der Waals surface area (Å²) < 4.78 is 0. The Morgan fingerprint density at radius 1 is 1.29 bits per heavy atom. The summed E-state index contributed by atoms with van der Waals surface area (Å²) in [6.45, 7) is 0. The zero-order valence-electron chi connectivity index (χ0n) is 9.31. The monoisotopic (exact) mass is 238 g/mol. The number of rotatable bonds is 4. The average molecular weight is 238 g/mol. The van der Waals surface area contributed by atoms with Gasteiger partial charge in [-0.25, -0.2) is 0 Å². The van der Waals surface area contributed by atoms with Crippen molar-refractivity contribution in [1.82, 2.24) is 0 Å². The summed E-state index contributed by atoms with van der Waals surface area (Å²) in [5, 5.41) is 17.5. The van der Waals surface area contributed by atoms with Crippen LogP contribution >= 0.6 is 0 Å². The fraction of sp³-hybridized carbons (Fsp3) is 0.583. The molecule has 0 aliphatic heterocycles. The molecule has 0 aromatic rings. The lowest BCUT2D eigenvalue weighted by atomic mass is 10.00. The zero-order valence-corrected chi connectivity index (χ0v) is 9.31. The van der Waals surface area contributed by atoms with Crippen LogP contribution in [0.15, 0.2) is 0 Å². The van der Waals surface area contributed by atoms with Gasteiger partial charge in [-0.1, -0.05) is 0 Å². The van der Waals surface area contributed by atoms with Crippen LogP contribution in [0.4, 0.5) is 0 Å². The van der Waals surface area contributed by atoms with Gasteiger partial charge in [-0.2, -0.15) is 0 Å². The maximum atomic E-state index is 11.3. The lowest BCUT2D eigenvalue weighted by Gasteiger charge is -2.02. The van der Waals surface area contributed by atoms with Crippen molar-refractivity contribution in [3.8, 4) is 11.8 Å². The molecule has 0 bridgehead atoms. The van der Waals surface area contributed by atoms with Crippen molar-refractivity contribution in [2.45, 2.75) is 38.2 Å². The summed E-state index contributed by atoms with van der Waals surface area (Å²) in [6.07, 6.45) is -0.288. The largest absolute Gasteiger partial charge is 0.481 e. The Labute approximate surface area is 98.8 Å². The number of aliphatic carboxylic acids is 1. The van der Waals surface area contributed by atoms with Crippen molar-refractivity contribution >= 4 is 17.5 Å². The smallest absolute Gasteiger partial charge is 0.304 e. The van der Waals surface area contributed by atoms with Crippen LogP contribution in [-0.2, 0) is 14.4 Å². The van der Waals surface area contributed by atoms with E-state index in [4.69, 9.17) is 10.2 Å². The van der Waals surface area contributed by atoms with Crippen molar-refractivity contribution in [2.24, 2.45) is 5.92 Å². The number of carboxylic acid groups (broad SMARTS) is 1. The molecule has 0 spiro atoms. The van der Waals surface area contributed by atoms with Crippen LogP contribution in [-0.4, -0.2) is 33.9 Å². The van der Waals surface area contributed by atoms with Crippen LogP contribution in [0, 0.1) is 17.8 Å². The van der Waals surface area contributed by atoms with Crippen molar-refractivity contribution in [1.29, 1.82) is 0 Å². The van der Waals surface area contributed by atoms with E-state index in [2.05, 4.69) is 11.8 Å². The van der Waals surface area contributed by atoms with E-state index in [1.807, 2.05) is 0 Å². The maximum Gasteiger partial charge on any atom is 0.304 e. The number of hydrogen-bond acceptors (Lipinski definition) is 4. The molecule has 1 aliphatic carbocycles. The topological polar surface area (TPSA) is 91.7 Å². The van der Waals surface area contributed by atoms with Gasteiger partial charge in [-0.05, 0) is 6.42 Å². The molecule has 17 heavy (non-hydrogen) atoms. The van der Waals surface area contributed by atoms with E-state index in [0.717, 1.165) is 0 Å². The van der Waals surface area contributed by atoms with Crippen molar-refractivity contribution in [3.63, 3.8) is 0 Å². The van der Waals surface area contributed by atoms with Gasteiger partial charge in [-0.3, -0.25) is 14.4 Å². The van der Waals surface area contributed by atoms with Gasteiger partial charge in [0.05, 0.1) is 12.3 Å². The number of carboxylic acids is 1. The summed E-state index contributed by atoms with van der Waals surface area (Å²) in [5.74, 6) is 3.13. The molecule has 2 N–H and O–H groups in total. The van der Waals surface area contributed by atoms with Crippen LogP contribution in [0.3, 0.4) is 0 Å². The third-order valence-electron chi connectivity index (χ3n) is 2.60. The Morgan fingerprint density at radius 3 is 2.47 bits per heavy atom. The van der Waals surface area contributed by atoms with Gasteiger partial charge in [0.1, 0.15) is 11.9 Å². The molecule has 0 aromatic carbocycles. The summed E-state index contributed by atoms with van der Waals surface area (Å²) in [6, 6.07) is 0. The van der Waals surface area contributed by atoms with Gasteiger partial charge in [0, 0.05) is 19.3 Å². The Hall–Kier alpha value is -1.67. The van der Waals surface area contributed by atoms with Crippen molar-refractivity contribution in [2.75, 3.05) is 0 Å². The molecule has 1 rings (SSSR count). The Bertz CT molecular complexity index is 387. The van der Waals surface area contributed by atoms with Gasteiger partial charge in [0.2, 0.25) is 0 Å². The van der Waals surface area contributed by atoms with E-state index in [9.17, 15) is 14.4 Å². The van der Waals surface area contributed by atoms with Crippen molar-refractivity contribution in [3.05, 3.63) is 0 Å². The minimum absolute atomic E-state index is 0.00694. The van der Waals surface area contributed by atoms with Gasteiger partial charge in [0.25, 0.3) is 0 Å². The second-order valence-electron chi connectivity index (χ2n) is 3.93. The highest BCUT2D eigenvalue weighted by atomic mass is 16.4. The van der Waals surface area contributed by atoms with Gasteiger partial charge >= 0.3 is 5.97 Å². The first-order valence-electron chi connectivity index (χ1n) is 5.44. The average Bonchev–Trinajstić information content (AvgIpc) is 2.48. The molecule has 5 heteroatoms. The number of carbonyl (C=O) groups is 3. The van der Waals surface area contributed by atoms with Gasteiger partial charge in [-0.15, -0.1) is 11.8 Å². The van der Waals surface area contributed by atoms with Crippen molar-refractivity contribution < 1.29 is 24.6 Å². The molecule has 92 valence electrons. The van der Waals surface area contributed by atoms with Crippen LogP contribution in [0.1, 0.15) is 32.1 Å². The SMILES string of the molecule is O=C(O)CCC#CCCC1C(=O)CC(O)C1=O. The number of ketones is 2. The first kappa shape index (κ1) is 13.4. The molecule has 1 aliphatic rings. The lowest BCUT2D eigenvalue weighted by molar-refractivity contribution is -0.137. The van der Waals surface area contributed by atoms with E-state index in [1.54, 1.807) is 0 Å². The highest BCUT2D eigenvalue weighted by molar-refractivity contribution is 6.11. The summed E-state index contributed by atoms with van der Waals surface area (Å²) in [4.78, 5) is 32.8. The van der Waals surface area contributed by atoms with E-state index in [0.29, 0.717) is 12.8 Å². The first-order valence-corrected chi connectivity index (χ1v) is 5.44. The molecular formula is C12H14O5. The molecular weight excluding hydrogens is 224 g/mol. The predicted octanol–water partition coefficient (Wildman–Crippen LogP) is 0.154. The Morgan fingerprint density at radius 2 is 1.94 bits per heavy atom. The van der Waals surface area contributed by atoms with Crippen LogP contribution < -0.4 is 0 Å². The summed E-state index contributed by atoms with van der Waals surface area (Å²) in [7, 11) is 0. The van der Waals surface area contributed by atoms with Gasteiger partial charge < -0.3 is 10.2 Å². The lowest BCUT2D eigenvalue weighted by Crippen LogP contribution is -2.19. The highest BCUT2D eigenvalue weighted by Crippen LogP contribution is 2.22. The number of hydrogen-bond donors (Lipinski definition) is 2. The maximum absolute atomic E-state index is 11.3. The molecule has 2 unspecified atom stereocenters. The van der Waals surface area contributed by atoms with Gasteiger partial charge in [0.15, 0.2) is 5.78 Å². The molecule has 0 saturated heterocycles. The Balaban J connectivity index is 2.29. The molecule has 2 atom stereocenters. The molecule has 1 fully saturated rings. The highest BCUT2D eigenvalue weighted by Gasteiger charge is 2.39. The quantitative estimate of drug-likeness (QED) is 0.537. The number of aliphatic hydroxyl groups is 1. The van der Waals surface area contributed by atoms with E-state index in [-0.39, 0.29) is 25.0 Å². The summed E-state index contributed by atoms with van der Waals surface area (Å²) >= 11 is 0.